The minimum atomic E-state index is 0.656. The second kappa shape index (κ2) is 5.52. The first-order chi connectivity index (χ1) is 8.84. The van der Waals surface area contributed by atoms with Crippen LogP contribution in [0.3, 0.4) is 0 Å². The standard InChI is InChI=1S/C16H21ClO/c17-15-10-13-8-4-5-9-18-16(13)11-14(15)12-6-2-1-3-7-12/h10-12H,1-9H2. The fourth-order valence-corrected chi connectivity index (χ4v) is 3.61. The molecule has 1 heterocycles. The van der Waals surface area contributed by atoms with Crippen LogP contribution in [0, 0.1) is 0 Å². The SMILES string of the molecule is Clc1cc2c(cc1C1CCCCC1)OCCCC2. The van der Waals surface area contributed by atoms with Crippen LogP contribution in [0.2, 0.25) is 5.02 Å². The van der Waals surface area contributed by atoms with E-state index in [0.717, 1.165) is 30.2 Å². The predicted octanol–water partition coefficient (Wildman–Crippen LogP) is 5.10. The van der Waals surface area contributed by atoms with E-state index in [1.54, 1.807) is 0 Å². The zero-order valence-electron chi connectivity index (χ0n) is 10.9. The molecule has 0 spiro atoms. The summed E-state index contributed by atoms with van der Waals surface area (Å²) in [7, 11) is 0. The van der Waals surface area contributed by atoms with E-state index in [9.17, 15) is 0 Å². The highest BCUT2D eigenvalue weighted by Crippen LogP contribution is 2.40. The van der Waals surface area contributed by atoms with E-state index in [2.05, 4.69) is 12.1 Å². The van der Waals surface area contributed by atoms with Gasteiger partial charge in [0.05, 0.1) is 6.61 Å². The number of aryl methyl sites for hydroxylation is 1. The Morgan fingerprint density at radius 2 is 1.83 bits per heavy atom. The fraction of sp³-hybridized carbons (Fsp3) is 0.625. The Morgan fingerprint density at radius 3 is 2.67 bits per heavy atom. The van der Waals surface area contributed by atoms with Crippen LogP contribution in [0.4, 0.5) is 0 Å². The number of hydrogen-bond acceptors (Lipinski definition) is 1. The molecule has 0 atom stereocenters. The summed E-state index contributed by atoms with van der Waals surface area (Å²) in [4.78, 5) is 0. The van der Waals surface area contributed by atoms with Gasteiger partial charge in [-0.1, -0.05) is 30.9 Å². The molecule has 1 nitrogen and oxygen atoms in total. The average Bonchev–Trinajstić information content (AvgIpc) is 2.63. The minimum Gasteiger partial charge on any atom is -0.493 e. The van der Waals surface area contributed by atoms with Gasteiger partial charge in [-0.05, 0) is 61.3 Å². The van der Waals surface area contributed by atoms with Crippen molar-refractivity contribution >= 4 is 11.6 Å². The minimum absolute atomic E-state index is 0.656. The summed E-state index contributed by atoms with van der Waals surface area (Å²) in [6.07, 6.45) is 10.1. The maximum Gasteiger partial charge on any atom is 0.122 e. The molecule has 2 heteroatoms. The molecule has 1 fully saturated rings. The van der Waals surface area contributed by atoms with Crippen molar-refractivity contribution in [1.82, 2.24) is 0 Å². The van der Waals surface area contributed by atoms with Gasteiger partial charge in [-0.15, -0.1) is 0 Å². The van der Waals surface area contributed by atoms with Gasteiger partial charge < -0.3 is 4.74 Å². The second-order valence-electron chi connectivity index (χ2n) is 5.62. The van der Waals surface area contributed by atoms with Gasteiger partial charge in [-0.2, -0.15) is 0 Å². The molecule has 1 aliphatic carbocycles. The summed E-state index contributed by atoms with van der Waals surface area (Å²) in [5.41, 5.74) is 2.63. The summed E-state index contributed by atoms with van der Waals surface area (Å²) in [6.45, 7) is 0.860. The lowest BCUT2D eigenvalue weighted by Gasteiger charge is -2.24. The molecule has 0 unspecified atom stereocenters. The van der Waals surface area contributed by atoms with Crippen molar-refractivity contribution in [2.45, 2.75) is 57.3 Å². The maximum atomic E-state index is 6.49. The summed E-state index contributed by atoms with van der Waals surface area (Å²) in [6, 6.07) is 4.39. The van der Waals surface area contributed by atoms with Crippen LogP contribution in [-0.2, 0) is 6.42 Å². The molecule has 0 aromatic heterocycles. The van der Waals surface area contributed by atoms with E-state index in [-0.39, 0.29) is 0 Å². The summed E-state index contributed by atoms with van der Waals surface area (Å²) >= 11 is 6.49. The van der Waals surface area contributed by atoms with Gasteiger partial charge in [0.1, 0.15) is 5.75 Å². The van der Waals surface area contributed by atoms with Crippen molar-refractivity contribution in [2.75, 3.05) is 6.61 Å². The molecule has 1 aromatic rings. The van der Waals surface area contributed by atoms with Crippen molar-refractivity contribution in [3.63, 3.8) is 0 Å². The van der Waals surface area contributed by atoms with Gasteiger partial charge in [0.2, 0.25) is 0 Å². The number of hydrogen-bond donors (Lipinski definition) is 0. The summed E-state index contributed by atoms with van der Waals surface area (Å²) in [5.74, 6) is 1.75. The number of rotatable bonds is 1. The van der Waals surface area contributed by atoms with Crippen molar-refractivity contribution in [3.05, 3.63) is 28.3 Å². The monoisotopic (exact) mass is 264 g/mol. The molecular formula is C16H21ClO. The molecule has 0 radical (unpaired) electrons. The molecule has 0 N–H and O–H groups in total. The maximum absolute atomic E-state index is 6.49. The van der Waals surface area contributed by atoms with Gasteiger partial charge >= 0.3 is 0 Å². The zero-order valence-corrected chi connectivity index (χ0v) is 11.6. The van der Waals surface area contributed by atoms with Gasteiger partial charge in [0, 0.05) is 5.02 Å². The first-order valence-electron chi connectivity index (χ1n) is 7.30. The zero-order chi connectivity index (χ0) is 12.4. The van der Waals surface area contributed by atoms with Crippen LogP contribution in [0.25, 0.3) is 0 Å². The third-order valence-corrected chi connectivity index (χ3v) is 4.65. The van der Waals surface area contributed by atoms with E-state index in [1.165, 1.54) is 49.7 Å². The Kier molecular flexibility index (Phi) is 3.79. The van der Waals surface area contributed by atoms with Crippen LogP contribution in [0.5, 0.6) is 5.75 Å². The van der Waals surface area contributed by atoms with E-state index >= 15 is 0 Å². The van der Waals surface area contributed by atoms with Crippen molar-refractivity contribution < 1.29 is 4.74 Å². The second-order valence-corrected chi connectivity index (χ2v) is 6.03. The van der Waals surface area contributed by atoms with Crippen LogP contribution in [0.15, 0.2) is 12.1 Å². The van der Waals surface area contributed by atoms with E-state index in [0.29, 0.717) is 5.92 Å². The molecule has 1 saturated carbocycles. The summed E-state index contributed by atoms with van der Waals surface area (Å²) in [5, 5.41) is 0.964. The fourth-order valence-electron chi connectivity index (χ4n) is 3.27. The van der Waals surface area contributed by atoms with Crippen LogP contribution < -0.4 is 4.74 Å². The molecule has 2 aliphatic rings. The van der Waals surface area contributed by atoms with E-state index in [1.807, 2.05) is 0 Å². The Hall–Kier alpha value is -0.690. The third kappa shape index (κ3) is 2.51. The van der Waals surface area contributed by atoms with Gasteiger partial charge in [0.25, 0.3) is 0 Å². The number of halogens is 1. The highest BCUT2D eigenvalue weighted by atomic mass is 35.5. The molecule has 0 amide bonds. The lowest BCUT2D eigenvalue weighted by atomic mass is 9.83. The van der Waals surface area contributed by atoms with Crippen molar-refractivity contribution in [2.24, 2.45) is 0 Å². The van der Waals surface area contributed by atoms with Gasteiger partial charge in [-0.25, -0.2) is 0 Å². The van der Waals surface area contributed by atoms with Crippen molar-refractivity contribution in [1.29, 1.82) is 0 Å². The van der Waals surface area contributed by atoms with Crippen LogP contribution >= 0.6 is 11.6 Å². The Morgan fingerprint density at radius 1 is 1.00 bits per heavy atom. The molecule has 0 bridgehead atoms. The third-order valence-electron chi connectivity index (χ3n) is 4.32. The van der Waals surface area contributed by atoms with Crippen LogP contribution in [0.1, 0.15) is 62.0 Å². The lowest BCUT2D eigenvalue weighted by molar-refractivity contribution is 0.316. The molecular weight excluding hydrogens is 244 g/mol. The number of ether oxygens (including phenoxy) is 1. The van der Waals surface area contributed by atoms with E-state index in [4.69, 9.17) is 16.3 Å². The summed E-state index contributed by atoms with van der Waals surface area (Å²) < 4.78 is 5.88. The average molecular weight is 265 g/mol. The van der Waals surface area contributed by atoms with Crippen molar-refractivity contribution in [3.8, 4) is 5.75 Å². The Bertz CT molecular complexity index is 421. The molecule has 1 aliphatic heterocycles. The Labute approximate surface area is 114 Å². The number of benzene rings is 1. The van der Waals surface area contributed by atoms with Gasteiger partial charge in [0.15, 0.2) is 0 Å². The molecule has 18 heavy (non-hydrogen) atoms. The first kappa shape index (κ1) is 12.3. The molecule has 3 rings (SSSR count). The van der Waals surface area contributed by atoms with Gasteiger partial charge in [-0.3, -0.25) is 0 Å². The molecule has 0 saturated heterocycles. The normalized spacial score (nSPS) is 20.9. The van der Waals surface area contributed by atoms with E-state index < -0.39 is 0 Å². The highest BCUT2D eigenvalue weighted by Gasteiger charge is 2.21. The quantitative estimate of drug-likeness (QED) is 0.685. The smallest absolute Gasteiger partial charge is 0.122 e. The molecule has 98 valence electrons. The molecule has 1 aromatic carbocycles. The topological polar surface area (TPSA) is 9.23 Å². The largest absolute Gasteiger partial charge is 0.493 e. The predicted molar refractivity (Wildman–Crippen MR) is 75.7 cm³/mol. The Balaban J connectivity index is 1.92. The highest BCUT2D eigenvalue weighted by molar-refractivity contribution is 6.31. The first-order valence-corrected chi connectivity index (χ1v) is 7.67. The lowest BCUT2D eigenvalue weighted by Crippen LogP contribution is -2.06. The van der Waals surface area contributed by atoms with Crippen LogP contribution in [-0.4, -0.2) is 6.61 Å². The number of fused-ring (bicyclic) bond motifs is 1.